The van der Waals surface area contributed by atoms with E-state index >= 15 is 0 Å². The molecule has 2 amide bonds. The summed E-state index contributed by atoms with van der Waals surface area (Å²) in [5.74, 6) is -4.29. The van der Waals surface area contributed by atoms with Crippen molar-refractivity contribution in [2.45, 2.75) is 37.4 Å². The first-order valence-electron chi connectivity index (χ1n) is 11.6. The molecule has 4 aromatic rings. The van der Waals surface area contributed by atoms with Gasteiger partial charge < -0.3 is 36.5 Å². The quantitative estimate of drug-likeness (QED) is 0.160. The van der Waals surface area contributed by atoms with E-state index in [2.05, 4.69) is 20.6 Å². The molecular formula is C26H27N5O6. The number of carboxylic acids is 2. The molecule has 0 unspecified atom stereocenters. The van der Waals surface area contributed by atoms with Crippen LogP contribution in [0.1, 0.15) is 17.5 Å². The number of rotatable bonds is 11. The largest absolute Gasteiger partial charge is 0.481 e. The van der Waals surface area contributed by atoms with Gasteiger partial charge in [0.15, 0.2) is 0 Å². The molecule has 2 heterocycles. The van der Waals surface area contributed by atoms with E-state index in [-0.39, 0.29) is 12.8 Å². The van der Waals surface area contributed by atoms with E-state index in [1.807, 2.05) is 48.5 Å². The zero-order chi connectivity index (χ0) is 26.5. The minimum Gasteiger partial charge on any atom is -0.481 e. The van der Waals surface area contributed by atoms with Crippen LogP contribution in [0.5, 0.6) is 0 Å². The Kier molecular flexibility index (Phi) is 7.54. The van der Waals surface area contributed by atoms with E-state index in [0.717, 1.165) is 27.4 Å². The number of H-pyrrole nitrogens is 2. The number of aromatic nitrogens is 2. The van der Waals surface area contributed by atoms with Gasteiger partial charge in [-0.05, 0) is 29.7 Å². The minimum atomic E-state index is -1.51. The van der Waals surface area contributed by atoms with Gasteiger partial charge in [0.1, 0.15) is 12.1 Å². The molecule has 3 atom stereocenters. The summed E-state index contributed by atoms with van der Waals surface area (Å²) in [5, 5.41) is 25.4. The molecule has 0 aliphatic carbocycles. The van der Waals surface area contributed by atoms with E-state index in [1.54, 1.807) is 12.4 Å². The second kappa shape index (κ2) is 11.0. The molecule has 4 rings (SSSR count). The number of carbonyl (C=O) groups is 4. The van der Waals surface area contributed by atoms with Crippen molar-refractivity contribution >= 4 is 45.6 Å². The zero-order valence-corrected chi connectivity index (χ0v) is 19.7. The third-order valence-corrected chi connectivity index (χ3v) is 6.18. The number of benzene rings is 2. The number of carboxylic acid groups (broad SMARTS) is 2. The summed E-state index contributed by atoms with van der Waals surface area (Å²) < 4.78 is 0. The molecule has 2 aromatic carbocycles. The number of hydrogen-bond acceptors (Lipinski definition) is 5. The Morgan fingerprint density at radius 3 is 1.81 bits per heavy atom. The maximum Gasteiger partial charge on any atom is 0.326 e. The maximum atomic E-state index is 12.9. The second-order valence-corrected chi connectivity index (χ2v) is 8.79. The second-order valence-electron chi connectivity index (χ2n) is 8.79. The summed E-state index contributed by atoms with van der Waals surface area (Å²) in [5.41, 5.74) is 9.22. The molecule has 0 saturated carbocycles. The van der Waals surface area contributed by atoms with Crippen LogP contribution < -0.4 is 16.4 Å². The van der Waals surface area contributed by atoms with Crippen molar-refractivity contribution in [1.82, 2.24) is 20.6 Å². The highest BCUT2D eigenvalue weighted by atomic mass is 16.4. The Bertz CT molecular complexity index is 1460. The van der Waals surface area contributed by atoms with Crippen molar-refractivity contribution < 1.29 is 29.4 Å². The number of aliphatic carboxylic acids is 2. The molecule has 11 nitrogen and oxygen atoms in total. The van der Waals surface area contributed by atoms with Crippen LogP contribution in [0.15, 0.2) is 60.9 Å². The first kappa shape index (κ1) is 25.5. The van der Waals surface area contributed by atoms with Crippen molar-refractivity contribution in [1.29, 1.82) is 0 Å². The van der Waals surface area contributed by atoms with Gasteiger partial charge >= 0.3 is 11.9 Å². The molecule has 0 radical (unpaired) electrons. The molecule has 0 saturated heterocycles. The predicted molar refractivity (Wildman–Crippen MR) is 136 cm³/mol. The highest BCUT2D eigenvalue weighted by molar-refractivity contribution is 5.94. The lowest BCUT2D eigenvalue weighted by Gasteiger charge is -2.22. The number of amides is 2. The number of hydrogen-bond donors (Lipinski definition) is 7. The van der Waals surface area contributed by atoms with Crippen molar-refractivity contribution in [3.63, 3.8) is 0 Å². The lowest BCUT2D eigenvalue weighted by molar-refractivity contribution is -0.143. The fraction of sp³-hybridized carbons (Fsp3) is 0.231. The molecule has 8 N–H and O–H groups in total. The number of nitrogens with one attached hydrogen (secondary N) is 4. The van der Waals surface area contributed by atoms with Gasteiger partial charge in [-0.2, -0.15) is 0 Å². The molecule has 0 aliphatic heterocycles. The van der Waals surface area contributed by atoms with Gasteiger partial charge in [-0.3, -0.25) is 14.4 Å². The summed E-state index contributed by atoms with van der Waals surface area (Å²) in [6, 6.07) is 10.9. The highest BCUT2D eigenvalue weighted by Gasteiger charge is 2.30. The molecule has 0 fully saturated rings. The van der Waals surface area contributed by atoms with Crippen LogP contribution in [0.3, 0.4) is 0 Å². The van der Waals surface area contributed by atoms with Crippen LogP contribution in [0.25, 0.3) is 21.8 Å². The predicted octanol–water partition coefficient (Wildman–Crippen LogP) is 1.29. The number of nitrogens with two attached hydrogens (primary N) is 1. The van der Waals surface area contributed by atoms with Crippen molar-refractivity contribution in [2.75, 3.05) is 0 Å². The summed E-state index contributed by atoms with van der Waals surface area (Å²) in [6.07, 6.45) is 2.76. The van der Waals surface area contributed by atoms with Gasteiger partial charge in [-0.25, -0.2) is 4.79 Å². The Labute approximate surface area is 211 Å². The average Bonchev–Trinajstić information content (AvgIpc) is 3.47. The van der Waals surface area contributed by atoms with E-state index in [9.17, 15) is 29.4 Å². The summed E-state index contributed by atoms with van der Waals surface area (Å²) in [6.45, 7) is 0. The lowest BCUT2D eigenvalue weighted by Crippen LogP contribution is -2.55. The van der Waals surface area contributed by atoms with Crippen molar-refractivity contribution in [3.05, 3.63) is 72.1 Å². The van der Waals surface area contributed by atoms with Gasteiger partial charge in [0.25, 0.3) is 0 Å². The smallest absolute Gasteiger partial charge is 0.326 e. The fourth-order valence-electron chi connectivity index (χ4n) is 4.29. The molecule has 2 aromatic heterocycles. The molecule has 11 heteroatoms. The number of para-hydroxylation sites is 2. The van der Waals surface area contributed by atoms with E-state index in [4.69, 9.17) is 5.73 Å². The molecule has 37 heavy (non-hydrogen) atoms. The third kappa shape index (κ3) is 5.96. The molecule has 0 bridgehead atoms. The molecule has 0 aliphatic rings. The highest BCUT2D eigenvalue weighted by Crippen LogP contribution is 2.20. The minimum absolute atomic E-state index is 0.0428. The molecule has 192 valence electrons. The average molecular weight is 506 g/mol. The van der Waals surface area contributed by atoms with Crippen LogP contribution in [-0.2, 0) is 32.0 Å². The molecular weight excluding hydrogens is 478 g/mol. The van der Waals surface area contributed by atoms with Crippen molar-refractivity contribution in [3.8, 4) is 0 Å². The fourth-order valence-corrected chi connectivity index (χ4v) is 4.29. The zero-order valence-electron chi connectivity index (χ0n) is 19.7. The van der Waals surface area contributed by atoms with Crippen LogP contribution in [-0.4, -0.2) is 62.1 Å². The van der Waals surface area contributed by atoms with E-state index in [1.165, 1.54) is 0 Å². The van der Waals surface area contributed by atoms with Crippen LogP contribution >= 0.6 is 0 Å². The Morgan fingerprint density at radius 2 is 1.27 bits per heavy atom. The van der Waals surface area contributed by atoms with Crippen LogP contribution in [0.2, 0.25) is 0 Å². The number of fused-ring (bicyclic) bond motifs is 2. The first-order valence-corrected chi connectivity index (χ1v) is 11.6. The van der Waals surface area contributed by atoms with Gasteiger partial charge in [-0.15, -0.1) is 0 Å². The van der Waals surface area contributed by atoms with Gasteiger partial charge in [0.2, 0.25) is 11.8 Å². The number of aromatic amines is 2. The topological polar surface area (TPSA) is 190 Å². The van der Waals surface area contributed by atoms with Crippen LogP contribution in [0, 0.1) is 0 Å². The van der Waals surface area contributed by atoms with E-state index in [0.29, 0.717) is 5.56 Å². The van der Waals surface area contributed by atoms with Crippen LogP contribution in [0.4, 0.5) is 0 Å². The summed E-state index contributed by atoms with van der Waals surface area (Å²) in [7, 11) is 0. The van der Waals surface area contributed by atoms with Crippen molar-refractivity contribution in [2.24, 2.45) is 5.73 Å². The van der Waals surface area contributed by atoms with Gasteiger partial charge in [0, 0.05) is 40.6 Å². The SMILES string of the molecule is N[C@@H](Cc1c[nH]c2ccccc12)C(=O)N[C@@H](CC(=O)O)C(=O)N[C@@H](Cc1c[nH]c2ccccc12)C(=O)O. The monoisotopic (exact) mass is 505 g/mol. The van der Waals surface area contributed by atoms with E-state index < -0.39 is 48.3 Å². The standard InChI is InChI=1S/C26H27N5O6/c27-18(9-14-12-28-19-7-3-1-5-16(14)19)24(34)30-21(11-23(32)33)25(35)31-22(26(36)37)10-15-13-29-20-8-4-2-6-17(15)20/h1-8,12-13,18,21-22,28-29H,9-11,27H2,(H,30,34)(H,31,35)(H,32,33)(H,36,37)/t18-,21-,22-/m0/s1. The Hall–Kier alpha value is -4.64. The molecule has 0 spiro atoms. The lowest BCUT2D eigenvalue weighted by atomic mass is 10.0. The summed E-state index contributed by atoms with van der Waals surface area (Å²) >= 11 is 0. The van der Waals surface area contributed by atoms with Gasteiger partial charge in [0.05, 0.1) is 12.5 Å². The Balaban J connectivity index is 1.44. The maximum absolute atomic E-state index is 12.9. The summed E-state index contributed by atoms with van der Waals surface area (Å²) in [4.78, 5) is 55.2. The normalized spacial score (nSPS) is 13.6. The number of carbonyl (C=O) groups excluding carboxylic acids is 2. The Morgan fingerprint density at radius 1 is 0.757 bits per heavy atom. The van der Waals surface area contributed by atoms with Gasteiger partial charge in [-0.1, -0.05) is 36.4 Å². The third-order valence-electron chi connectivity index (χ3n) is 6.18. The first-order chi connectivity index (χ1) is 17.7.